The maximum absolute atomic E-state index is 13.4. The lowest BCUT2D eigenvalue weighted by Gasteiger charge is -2.31. The summed E-state index contributed by atoms with van der Waals surface area (Å²) in [5.41, 5.74) is 0.0608. The zero-order valence-corrected chi connectivity index (χ0v) is 12.6. The number of halogens is 1. The zero-order valence-electron chi connectivity index (χ0n) is 12.6. The van der Waals surface area contributed by atoms with Crippen molar-refractivity contribution >= 4 is 5.91 Å². The molecule has 21 heavy (non-hydrogen) atoms. The molecule has 0 aliphatic heterocycles. The van der Waals surface area contributed by atoms with Crippen molar-refractivity contribution in [2.75, 3.05) is 20.1 Å². The highest BCUT2D eigenvalue weighted by Gasteiger charge is 2.17. The lowest BCUT2D eigenvalue weighted by atomic mass is 9.94. The van der Waals surface area contributed by atoms with Crippen LogP contribution >= 0.6 is 0 Å². The summed E-state index contributed by atoms with van der Waals surface area (Å²) in [6.45, 7) is 1.53. The Labute approximate surface area is 125 Å². The Morgan fingerprint density at radius 1 is 1.43 bits per heavy atom. The highest BCUT2D eigenvalue weighted by atomic mass is 19.1. The molecule has 1 aliphatic carbocycles. The normalized spacial score (nSPS) is 16.1. The van der Waals surface area contributed by atoms with Gasteiger partial charge in [0, 0.05) is 18.8 Å². The first kappa shape index (κ1) is 15.9. The summed E-state index contributed by atoms with van der Waals surface area (Å²) in [6, 6.07) is 2.09. The van der Waals surface area contributed by atoms with Gasteiger partial charge in [-0.2, -0.15) is 0 Å². The van der Waals surface area contributed by atoms with Crippen molar-refractivity contribution in [2.45, 2.75) is 44.6 Å². The van der Waals surface area contributed by atoms with Gasteiger partial charge in [-0.05, 0) is 38.9 Å². The van der Waals surface area contributed by atoms with Crippen LogP contribution in [0.25, 0.3) is 0 Å². The summed E-state index contributed by atoms with van der Waals surface area (Å²) < 4.78 is 13.4. The van der Waals surface area contributed by atoms with Gasteiger partial charge in [-0.1, -0.05) is 19.3 Å². The molecule has 1 aliphatic rings. The van der Waals surface area contributed by atoms with E-state index in [1.807, 2.05) is 0 Å². The number of carbonyl (C=O) groups is 1. The van der Waals surface area contributed by atoms with Crippen LogP contribution in [0.1, 0.15) is 48.9 Å². The van der Waals surface area contributed by atoms with Crippen LogP contribution < -0.4 is 5.32 Å². The average molecular weight is 293 g/mol. The fourth-order valence-electron chi connectivity index (χ4n) is 2.89. The number of hydrogen-bond acceptors (Lipinski definition) is 3. The fourth-order valence-corrected chi connectivity index (χ4v) is 2.89. The summed E-state index contributed by atoms with van der Waals surface area (Å²) in [4.78, 5) is 17.8. The van der Waals surface area contributed by atoms with Gasteiger partial charge in [0.15, 0.2) is 5.82 Å². The van der Waals surface area contributed by atoms with Crippen molar-refractivity contribution in [1.29, 1.82) is 0 Å². The van der Waals surface area contributed by atoms with Crippen LogP contribution in [0.3, 0.4) is 0 Å². The highest BCUT2D eigenvalue weighted by Crippen LogP contribution is 2.21. The number of pyridine rings is 1. The third-order valence-corrected chi connectivity index (χ3v) is 4.19. The van der Waals surface area contributed by atoms with E-state index in [9.17, 15) is 9.18 Å². The molecule has 0 bridgehead atoms. The molecule has 5 heteroatoms. The molecule has 1 amide bonds. The van der Waals surface area contributed by atoms with Gasteiger partial charge in [0.05, 0.1) is 11.8 Å². The van der Waals surface area contributed by atoms with Crippen LogP contribution in [0.15, 0.2) is 18.5 Å². The molecule has 1 fully saturated rings. The van der Waals surface area contributed by atoms with E-state index in [1.54, 1.807) is 0 Å². The van der Waals surface area contributed by atoms with Crippen molar-refractivity contribution in [2.24, 2.45) is 0 Å². The van der Waals surface area contributed by atoms with Crippen molar-refractivity contribution in [1.82, 2.24) is 15.2 Å². The van der Waals surface area contributed by atoms with Gasteiger partial charge in [0.25, 0.3) is 5.91 Å². The van der Waals surface area contributed by atoms with E-state index in [2.05, 4.69) is 22.2 Å². The molecule has 0 atom stereocenters. The Morgan fingerprint density at radius 2 is 2.19 bits per heavy atom. The summed E-state index contributed by atoms with van der Waals surface area (Å²) in [5, 5.41) is 2.76. The molecule has 2 rings (SSSR count). The summed E-state index contributed by atoms with van der Waals surface area (Å²) in [7, 11) is 2.15. The van der Waals surface area contributed by atoms with Crippen LogP contribution in [0.5, 0.6) is 0 Å². The predicted molar refractivity (Wildman–Crippen MR) is 80.6 cm³/mol. The summed E-state index contributed by atoms with van der Waals surface area (Å²) in [5.74, 6) is -0.940. The molecule has 1 aromatic rings. The van der Waals surface area contributed by atoms with Gasteiger partial charge in [-0.15, -0.1) is 0 Å². The SMILES string of the molecule is CN(CCCNC(=O)c1ccncc1F)C1CCCCC1. The molecule has 1 aromatic heterocycles. The van der Waals surface area contributed by atoms with Crippen LogP contribution in [-0.4, -0.2) is 42.0 Å². The van der Waals surface area contributed by atoms with Crippen LogP contribution in [0.2, 0.25) is 0 Å². The van der Waals surface area contributed by atoms with Gasteiger partial charge in [0.2, 0.25) is 0 Å². The van der Waals surface area contributed by atoms with Crippen molar-refractivity contribution in [3.8, 4) is 0 Å². The molecule has 0 unspecified atom stereocenters. The van der Waals surface area contributed by atoms with E-state index in [-0.39, 0.29) is 11.5 Å². The quantitative estimate of drug-likeness (QED) is 0.820. The molecule has 1 N–H and O–H groups in total. The van der Waals surface area contributed by atoms with Gasteiger partial charge >= 0.3 is 0 Å². The van der Waals surface area contributed by atoms with E-state index < -0.39 is 5.82 Å². The second kappa shape index (κ2) is 8.08. The average Bonchev–Trinajstić information content (AvgIpc) is 2.52. The Balaban J connectivity index is 1.67. The topological polar surface area (TPSA) is 45.2 Å². The van der Waals surface area contributed by atoms with E-state index in [4.69, 9.17) is 0 Å². The van der Waals surface area contributed by atoms with E-state index in [0.29, 0.717) is 12.6 Å². The fraction of sp³-hybridized carbons (Fsp3) is 0.625. The number of rotatable bonds is 6. The van der Waals surface area contributed by atoms with Crippen LogP contribution in [0, 0.1) is 5.82 Å². The van der Waals surface area contributed by atoms with Crippen LogP contribution in [-0.2, 0) is 0 Å². The number of carbonyl (C=O) groups excluding carboxylic acids is 1. The lowest BCUT2D eigenvalue weighted by molar-refractivity contribution is 0.0946. The molecular weight excluding hydrogens is 269 g/mol. The highest BCUT2D eigenvalue weighted by molar-refractivity contribution is 5.94. The van der Waals surface area contributed by atoms with E-state index >= 15 is 0 Å². The third-order valence-electron chi connectivity index (χ3n) is 4.19. The number of aromatic nitrogens is 1. The maximum Gasteiger partial charge on any atom is 0.254 e. The minimum Gasteiger partial charge on any atom is -0.352 e. The number of amides is 1. The first-order chi connectivity index (χ1) is 10.2. The van der Waals surface area contributed by atoms with Gasteiger partial charge in [-0.3, -0.25) is 9.78 Å². The second-order valence-corrected chi connectivity index (χ2v) is 5.74. The largest absolute Gasteiger partial charge is 0.352 e. The summed E-state index contributed by atoms with van der Waals surface area (Å²) >= 11 is 0. The molecule has 0 saturated heterocycles. The number of hydrogen-bond donors (Lipinski definition) is 1. The van der Waals surface area contributed by atoms with Gasteiger partial charge in [-0.25, -0.2) is 4.39 Å². The Hall–Kier alpha value is -1.49. The molecule has 1 heterocycles. The number of nitrogens with zero attached hydrogens (tertiary/aromatic N) is 2. The third kappa shape index (κ3) is 4.77. The first-order valence-corrected chi connectivity index (χ1v) is 7.76. The molecule has 116 valence electrons. The monoisotopic (exact) mass is 293 g/mol. The molecule has 0 radical (unpaired) electrons. The second-order valence-electron chi connectivity index (χ2n) is 5.74. The predicted octanol–water partition coefficient (Wildman–Crippen LogP) is 2.61. The Bertz CT molecular complexity index is 461. The standard InChI is InChI=1S/C16H24FN3O/c1-20(13-6-3-2-4-7-13)11-5-9-19-16(21)14-8-10-18-12-15(14)17/h8,10,12-13H,2-7,9,11H2,1H3,(H,19,21). The Kier molecular flexibility index (Phi) is 6.11. The zero-order chi connectivity index (χ0) is 15.1. The summed E-state index contributed by atoms with van der Waals surface area (Å²) in [6.07, 6.45) is 9.94. The smallest absolute Gasteiger partial charge is 0.254 e. The molecule has 0 spiro atoms. The van der Waals surface area contributed by atoms with E-state index in [0.717, 1.165) is 19.2 Å². The van der Waals surface area contributed by atoms with Crippen molar-refractivity contribution in [3.05, 3.63) is 29.8 Å². The molecule has 4 nitrogen and oxygen atoms in total. The van der Waals surface area contributed by atoms with Crippen LogP contribution in [0.4, 0.5) is 4.39 Å². The first-order valence-electron chi connectivity index (χ1n) is 7.76. The van der Waals surface area contributed by atoms with E-state index in [1.165, 1.54) is 44.4 Å². The Morgan fingerprint density at radius 3 is 2.90 bits per heavy atom. The molecule has 0 aromatic carbocycles. The molecular formula is C16H24FN3O. The van der Waals surface area contributed by atoms with Gasteiger partial charge in [0.1, 0.15) is 0 Å². The minimum absolute atomic E-state index is 0.0608. The maximum atomic E-state index is 13.4. The number of nitrogens with one attached hydrogen (secondary N) is 1. The lowest BCUT2D eigenvalue weighted by Crippen LogP contribution is -2.36. The molecule has 1 saturated carbocycles. The minimum atomic E-state index is -0.575. The van der Waals surface area contributed by atoms with Crippen molar-refractivity contribution < 1.29 is 9.18 Å². The van der Waals surface area contributed by atoms with Gasteiger partial charge < -0.3 is 10.2 Å². The van der Waals surface area contributed by atoms with Crippen molar-refractivity contribution in [3.63, 3.8) is 0 Å².